The highest BCUT2D eigenvalue weighted by molar-refractivity contribution is 6.31. The van der Waals surface area contributed by atoms with Crippen molar-refractivity contribution in [3.05, 3.63) is 16.4 Å². The van der Waals surface area contributed by atoms with Crippen LogP contribution in [0.15, 0.2) is 0 Å². The molecule has 110 valence electrons. The SMILES string of the molecule is CCCCCCCC(O)Cc1c(Cl)c(C)nn1CC. The van der Waals surface area contributed by atoms with Crippen LogP contribution in [0.2, 0.25) is 5.02 Å². The molecule has 1 atom stereocenters. The zero-order valence-corrected chi connectivity index (χ0v) is 13.2. The number of aryl methyl sites for hydroxylation is 2. The second-order valence-corrected chi connectivity index (χ2v) is 5.60. The Morgan fingerprint density at radius 3 is 2.53 bits per heavy atom. The lowest BCUT2D eigenvalue weighted by atomic mass is 10.0. The molecule has 0 saturated carbocycles. The van der Waals surface area contributed by atoms with Gasteiger partial charge < -0.3 is 5.11 Å². The Morgan fingerprint density at radius 1 is 1.21 bits per heavy atom. The highest BCUT2D eigenvalue weighted by atomic mass is 35.5. The lowest BCUT2D eigenvalue weighted by Crippen LogP contribution is -2.14. The minimum absolute atomic E-state index is 0.305. The van der Waals surface area contributed by atoms with Crippen LogP contribution in [0.3, 0.4) is 0 Å². The van der Waals surface area contributed by atoms with E-state index >= 15 is 0 Å². The molecular formula is C15H27ClN2O. The molecule has 1 unspecified atom stereocenters. The fraction of sp³-hybridized carbons (Fsp3) is 0.800. The third kappa shape index (κ3) is 5.15. The minimum Gasteiger partial charge on any atom is -0.393 e. The number of halogens is 1. The summed E-state index contributed by atoms with van der Waals surface area (Å²) in [7, 11) is 0. The molecule has 1 heterocycles. The van der Waals surface area contributed by atoms with Crippen molar-refractivity contribution < 1.29 is 5.11 Å². The lowest BCUT2D eigenvalue weighted by molar-refractivity contribution is 0.158. The van der Waals surface area contributed by atoms with Gasteiger partial charge in [0.1, 0.15) is 0 Å². The number of aliphatic hydroxyl groups excluding tert-OH is 1. The number of hydrogen-bond donors (Lipinski definition) is 1. The predicted molar refractivity (Wildman–Crippen MR) is 80.7 cm³/mol. The van der Waals surface area contributed by atoms with E-state index < -0.39 is 0 Å². The maximum atomic E-state index is 10.1. The van der Waals surface area contributed by atoms with Crippen LogP contribution in [0.25, 0.3) is 0 Å². The first kappa shape index (κ1) is 16.5. The second kappa shape index (κ2) is 8.60. The Labute approximate surface area is 122 Å². The Hall–Kier alpha value is -0.540. The Bertz CT molecular complexity index is 376. The van der Waals surface area contributed by atoms with E-state index in [-0.39, 0.29) is 6.10 Å². The first-order chi connectivity index (χ1) is 9.10. The minimum atomic E-state index is -0.305. The quantitative estimate of drug-likeness (QED) is 0.693. The van der Waals surface area contributed by atoms with Gasteiger partial charge in [-0.15, -0.1) is 0 Å². The third-order valence-electron chi connectivity index (χ3n) is 3.52. The zero-order chi connectivity index (χ0) is 14.3. The van der Waals surface area contributed by atoms with Crippen LogP contribution in [0, 0.1) is 6.92 Å². The van der Waals surface area contributed by atoms with Crippen LogP contribution < -0.4 is 0 Å². The Kier molecular flexibility index (Phi) is 7.47. The summed E-state index contributed by atoms with van der Waals surface area (Å²) in [5.74, 6) is 0. The third-order valence-corrected chi connectivity index (χ3v) is 4.01. The van der Waals surface area contributed by atoms with E-state index in [1.807, 2.05) is 18.5 Å². The largest absolute Gasteiger partial charge is 0.393 e. The molecule has 1 aromatic rings. The van der Waals surface area contributed by atoms with Crippen molar-refractivity contribution in [2.24, 2.45) is 0 Å². The van der Waals surface area contributed by atoms with Gasteiger partial charge in [-0.2, -0.15) is 5.10 Å². The van der Waals surface area contributed by atoms with Crippen molar-refractivity contribution in [1.82, 2.24) is 9.78 Å². The van der Waals surface area contributed by atoms with E-state index in [1.165, 1.54) is 25.7 Å². The fourth-order valence-corrected chi connectivity index (χ4v) is 2.59. The number of aromatic nitrogens is 2. The molecule has 0 aromatic carbocycles. The van der Waals surface area contributed by atoms with E-state index in [2.05, 4.69) is 12.0 Å². The van der Waals surface area contributed by atoms with Crippen LogP contribution in [0.5, 0.6) is 0 Å². The number of unbranched alkanes of at least 4 members (excludes halogenated alkanes) is 4. The van der Waals surface area contributed by atoms with Gasteiger partial charge in [-0.05, 0) is 20.3 Å². The highest BCUT2D eigenvalue weighted by Crippen LogP contribution is 2.22. The van der Waals surface area contributed by atoms with Gasteiger partial charge in [0.25, 0.3) is 0 Å². The van der Waals surface area contributed by atoms with Gasteiger partial charge in [-0.25, -0.2) is 0 Å². The van der Waals surface area contributed by atoms with E-state index in [0.29, 0.717) is 11.4 Å². The fourth-order valence-electron chi connectivity index (χ4n) is 2.37. The van der Waals surface area contributed by atoms with E-state index in [0.717, 1.165) is 30.8 Å². The molecule has 0 fully saturated rings. The summed E-state index contributed by atoms with van der Waals surface area (Å²) in [6.07, 6.45) is 7.30. The molecule has 0 amide bonds. The van der Waals surface area contributed by atoms with Gasteiger partial charge in [0.15, 0.2) is 0 Å². The second-order valence-electron chi connectivity index (χ2n) is 5.22. The van der Waals surface area contributed by atoms with Crippen molar-refractivity contribution in [2.45, 2.75) is 78.4 Å². The van der Waals surface area contributed by atoms with Crippen LogP contribution in [0.1, 0.15) is 63.8 Å². The molecule has 4 heteroatoms. The molecule has 0 aliphatic rings. The molecule has 3 nitrogen and oxygen atoms in total. The monoisotopic (exact) mass is 286 g/mol. The van der Waals surface area contributed by atoms with Gasteiger partial charge in [-0.1, -0.05) is 50.6 Å². The average molecular weight is 287 g/mol. The van der Waals surface area contributed by atoms with Gasteiger partial charge >= 0.3 is 0 Å². The Balaban J connectivity index is 2.41. The lowest BCUT2D eigenvalue weighted by Gasteiger charge is -2.12. The van der Waals surface area contributed by atoms with Crippen molar-refractivity contribution >= 4 is 11.6 Å². The topological polar surface area (TPSA) is 38.1 Å². The summed E-state index contributed by atoms with van der Waals surface area (Å²) < 4.78 is 1.90. The molecule has 0 radical (unpaired) electrons. The van der Waals surface area contributed by atoms with Crippen molar-refractivity contribution in [3.63, 3.8) is 0 Å². The molecule has 1 N–H and O–H groups in total. The first-order valence-electron chi connectivity index (χ1n) is 7.49. The zero-order valence-electron chi connectivity index (χ0n) is 12.5. The van der Waals surface area contributed by atoms with Crippen molar-refractivity contribution in [1.29, 1.82) is 0 Å². The molecule has 1 rings (SSSR count). The van der Waals surface area contributed by atoms with Gasteiger partial charge in [0.05, 0.1) is 22.5 Å². The summed E-state index contributed by atoms with van der Waals surface area (Å²) in [6.45, 7) is 6.97. The molecule has 0 bridgehead atoms. The smallest absolute Gasteiger partial charge is 0.0848 e. The molecule has 1 aromatic heterocycles. The Morgan fingerprint density at radius 2 is 1.89 bits per heavy atom. The first-order valence-corrected chi connectivity index (χ1v) is 7.87. The molecule has 0 spiro atoms. The average Bonchev–Trinajstić information content (AvgIpc) is 2.66. The van der Waals surface area contributed by atoms with Crippen LogP contribution in [-0.2, 0) is 13.0 Å². The van der Waals surface area contributed by atoms with Gasteiger partial charge in [0.2, 0.25) is 0 Å². The molecule has 0 saturated heterocycles. The molecular weight excluding hydrogens is 260 g/mol. The van der Waals surface area contributed by atoms with Crippen molar-refractivity contribution in [2.75, 3.05) is 0 Å². The maximum Gasteiger partial charge on any atom is 0.0848 e. The number of hydrogen-bond acceptors (Lipinski definition) is 2. The predicted octanol–water partition coefficient (Wildman–Crippen LogP) is 4.13. The normalized spacial score (nSPS) is 12.9. The number of rotatable bonds is 9. The number of nitrogens with zero attached hydrogens (tertiary/aromatic N) is 2. The van der Waals surface area contributed by atoms with Crippen LogP contribution >= 0.6 is 11.6 Å². The van der Waals surface area contributed by atoms with Gasteiger partial charge in [0, 0.05) is 13.0 Å². The summed E-state index contributed by atoms with van der Waals surface area (Å²) >= 11 is 6.24. The summed E-state index contributed by atoms with van der Waals surface area (Å²) in [5.41, 5.74) is 1.83. The summed E-state index contributed by atoms with van der Waals surface area (Å²) in [6, 6.07) is 0. The van der Waals surface area contributed by atoms with E-state index in [4.69, 9.17) is 11.6 Å². The molecule has 0 aliphatic heterocycles. The maximum absolute atomic E-state index is 10.1. The van der Waals surface area contributed by atoms with E-state index in [1.54, 1.807) is 0 Å². The number of aliphatic hydroxyl groups is 1. The highest BCUT2D eigenvalue weighted by Gasteiger charge is 2.16. The standard InChI is InChI=1S/C15H27ClN2O/c1-4-6-7-8-9-10-13(19)11-14-15(16)12(3)17-18(14)5-2/h13,19H,4-11H2,1-3H3. The van der Waals surface area contributed by atoms with Crippen LogP contribution in [0.4, 0.5) is 0 Å². The molecule has 19 heavy (non-hydrogen) atoms. The van der Waals surface area contributed by atoms with E-state index in [9.17, 15) is 5.11 Å². The van der Waals surface area contributed by atoms with Gasteiger partial charge in [-0.3, -0.25) is 4.68 Å². The summed E-state index contributed by atoms with van der Waals surface area (Å²) in [4.78, 5) is 0. The van der Waals surface area contributed by atoms with Crippen LogP contribution in [-0.4, -0.2) is 21.0 Å². The molecule has 0 aliphatic carbocycles. The van der Waals surface area contributed by atoms with Crippen molar-refractivity contribution in [3.8, 4) is 0 Å². The summed E-state index contributed by atoms with van der Waals surface area (Å²) in [5, 5.41) is 15.2.